The van der Waals surface area contributed by atoms with Gasteiger partial charge in [0.2, 0.25) is 0 Å². The fourth-order valence-electron chi connectivity index (χ4n) is 5.61. The minimum absolute atomic E-state index is 0.0292. The van der Waals surface area contributed by atoms with E-state index < -0.39 is 0 Å². The molecule has 2 aromatic heterocycles. The number of benzene rings is 4. The minimum atomic E-state index is 0.0292. The van der Waals surface area contributed by atoms with Crippen LogP contribution in [0.15, 0.2) is 72.8 Å². The van der Waals surface area contributed by atoms with Gasteiger partial charge in [0.25, 0.3) is 0 Å². The molecule has 0 radical (unpaired) electrons. The average molecular weight is 404 g/mol. The molecular formula is C28H21NS. The molecule has 0 amide bonds. The number of hydrogen-bond donors (Lipinski definition) is 0. The highest BCUT2D eigenvalue weighted by molar-refractivity contribution is 7.25. The molecule has 4 aromatic carbocycles. The molecule has 0 atom stereocenters. The number of thiophene rings is 1. The van der Waals surface area contributed by atoms with Gasteiger partial charge in [-0.3, -0.25) is 0 Å². The third-order valence-corrected chi connectivity index (χ3v) is 8.34. The van der Waals surface area contributed by atoms with Crippen molar-refractivity contribution in [3.05, 3.63) is 83.9 Å². The molecule has 1 nitrogen and oxygen atoms in total. The maximum atomic E-state index is 2.47. The molecule has 6 aromatic rings. The van der Waals surface area contributed by atoms with E-state index in [4.69, 9.17) is 0 Å². The topological polar surface area (TPSA) is 4.93 Å². The predicted octanol–water partition coefficient (Wildman–Crippen LogP) is 8.01. The van der Waals surface area contributed by atoms with Gasteiger partial charge in [0.1, 0.15) is 0 Å². The molecule has 144 valence electrons. The quantitative estimate of drug-likeness (QED) is 0.242. The van der Waals surface area contributed by atoms with Crippen LogP contribution in [0.3, 0.4) is 0 Å². The normalized spacial score (nSPS) is 14.8. The highest BCUT2D eigenvalue weighted by atomic mass is 32.1. The zero-order valence-electron chi connectivity index (χ0n) is 17.3. The summed E-state index contributed by atoms with van der Waals surface area (Å²) in [7, 11) is 2.21. The summed E-state index contributed by atoms with van der Waals surface area (Å²) in [4.78, 5) is 0. The first kappa shape index (κ1) is 16.7. The SMILES string of the molecule is Cn1c2cc3c(cc2c2cc4c(cc21)sc1ccccc14)C(C)(C)c1ccccc1-3. The molecule has 0 unspecified atom stereocenters. The summed E-state index contributed by atoms with van der Waals surface area (Å²) in [6.45, 7) is 4.72. The van der Waals surface area contributed by atoms with E-state index in [0.29, 0.717) is 0 Å². The van der Waals surface area contributed by atoms with Gasteiger partial charge in [-0.25, -0.2) is 0 Å². The van der Waals surface area contributed by atoms with Gasteiger partial charge in [-0.05, 0) is 52.6 Å². The van der Waals surface area contributed by atoms with Crippen LogP contribution in [0.2, 0.25) is 0 Å². The Morgan fingerprint density at radius 2 is 1.37 bits per heavy atom. The monoisotopic (exact) mass is 403 g/mol. The van der Waals surface area contributed by atoms with E-state index in [9.17, 15) is 0 Å². The lowest BCUT2D eigenvalue weighted by Gasteiger charge is -2.21. The van der Waals surface area contributed by atoms with Gasteiger partial charge in [-0.1, -0.05) is 56.3 Å². The first-order chi connectivity index (χ1) is 14.5. The highest BCUT2D eigenvalue weighted by Gasteiger charge is 2.35. The summed E-state index contributed by atoms with van der Waals surface area (Å²) >= 11 is 1.89. The molecular weight excluding hydrogens is 382 g/mol. The summed E-state index contributed by atoms with van der Waals surface area (Å²) in [5.74, 6) is 0. The van der Waals surface area contributed by atoms with E-state index in [0.717, 1.165) is 0 Å². The molecule has 0 N–H and O–H groups in total. The predicted molar refractivity (Wildman–Crippen MR) is 131 cm³/mol. The van der Waals surface area contributed by atoms with Gasteiger partial charge >= 0.3 is 0 Å². The number of hydrogen-bond acceptors (Lipinski definition) is 1. The Morgan fingerprint density at radius 3 is 2.27 bits per heavy atom. The Morgan fingerprint density at radius 1 is 0.633 bits per heavy atom. The second kappa shape index (κ2) is 5.33. The van der Waals surface area contributed by atoms with Crippen LogP contribution in [0.4, 0.5) is 0 Å². The summed E-state index contributed by atoms with van der Waals surface area (Å²) in [6.07, 6.45) is 0. The van der Waals surface area contributed by atoms with Crippen molar-refractivity contribution in [2.45, 2.75) is 19.3 Å². The van der Waals surface area contributed by atoms with Crippen molar-refractivity contribution >= 4 is 53.3 Å². The van der Waals surface area contributed by atoms with Gasteiger partial charge in [0.15, 0.2) is 0 Å². The van der Waals surface area contributed by atoms with Gasteiger partial charge in [-0.2, -0.15) is 0 Å². The van der Waals surface area contributed by atoms with Crippen molar-refractivity contribution in [3.63, 3.8) is 0 Å². The smallest absolute Gasteiger partial charge is 0.0503 e. The minimum Gasteiger partial charge on any atom is -0.344 e. The van der Waals surface area contributed by atoms with Crippen molar-refractivity contribution in [3.8, 4) is 11.1 Å². The first-order valence-electron chi connectivity index (χ1n) is 10.5. The van der Waals surface area contributed by atoms with Crippen LogP contribution in [0.1, 0.15) is 25.0 Å². The van der Waals surface area contributed by atoms with Crippen molar-refractivity contribution < 1.29 is 0 Å². The van der Waals surface area contributed by atoms with E-state index in [-0.39, 0.29) is 5.41 Å². The molecule has 0 fully saturated rings. The van der Waals surface area contributed by atoms with Crippen molar-refractivity contribution in [1.82, 2.24) is 4.57 Å². The van der Waals surface area contributed by atoms with Crippen LogP contribution in [0.25, 0.3) is 53.1 Å². The van der Waals surface area contributed by atoms with E-state index in [1.54, 1.807) is 0 Å². The second-order valence-electron chi connectivity index (χ2n) is 9.11. The fraction of sp³-hybridized carbons (Fsp3) is 0.143. The molecule has 2 heterocycles. The van der Waals surface area contributed by atoms with Gasteiger partial charge in [0, 0.05) is 48.9 Å². The zero-order chi connectivity index (χ0) is 20.2. The standard InChI is InChI=1S/C28H21NS/c1-28(2)22-10-6-4-8-16(22)18-14-24-20(13-23(18)28)19-12-21-17-9-5-7-11-26(17)30-27(21)15-25(19)29(24)3/h4-15H,1-3H3. The van der Waals surface area contributed by atoms with E-state index in [2.05, 4.69) is 98.3 Å². The largest absolute Gasteiger partial charge is 0.344 e. The zero-order valence-corrected chi connectivity index (χ0v) is 18.1. The van der Waals surface area contributed by atoms with E-state index in [1.165, 1.54) is 64.2 Å². The summed E-state index contributed by atoms with van der Waals surface area (Å²) in [5, 5.41) is 5.46. The van der Waals surface area contributed by atoms with Gasteiger partial charge in [0.05, 0.1) is 5.52 Å². The molecule has 0 saturated heterocycles. The molecule has 7 rings (SSSR count). The lowest BCUT2D eigenvalue weighted by molar-refractivity contribution is 0.661. The van der Waals surface area contributed by atoms with E-state index in [1.807, 2.05) is 11.3 Å². The highest BCUT2D eigenvalue weighted by Crippen LogP contribution is 2.51. The van der Waals surface area contributed by atoms with Crippen LogP contribution < -0.4 is 0 Å². The third kappa shape index (κ3) is 1.88. The average Bonchev–Trinajstić information content (AvgIpc) is 3.33. The Bertz CT molecular complexity index is 1680. The van der Waals surface area contributed by atoms with Gasteiger partial charge < -0.3 is 4.57 Å². The number of rotatable bonds is 0. The molecule has 0 spiro atoms. The maximum Gasteiger partial charge on any atom is 0.0503 e. The first-order valence-corrected chi connectivity index (χ1v) is 11.3. The molecule has 2 heteroatoms. The lowest BCUT2D eigenvalue weighted by atomic mass is 9.82. The fourth-order valence-corrected chi connectivity index (χ4v) is 6.73. The molecule has 30 heavy (non-hydrogen) atoms. The number of aromatic nitrogens is 1. The number of aryl methyl sites for hydroxylation is 1. The molecule has 0 bridgehead atoms. The third-order valence-electron chi connectivity index (χ3n) is 7.21. The van der Waals surface area contributed by atoms with Crippen LogP contribution in [-0.2, 0) is 12.5 Å². The van der Waals surface area contributed by atoms with Crippen LogP contribution in [0.5, 0.6) is 0 Å². The number of nitrogens with zero attached hydrogens (tertiary/aromatic N) is 1. The Hall–Kier alpha value is -3.10. The van der Waals surface area contributed by atoms with E-state index >= 15 is 0 Å². The van der Waals surface area contributed by atoms with Crippen LogP contribution >= 0.6 is 11.3 Å². The summed E-state index contributed by atoms with van der Waals surface area (Å²) < 4.78 is 5.11. The summed E-state index contributed by atoms with van der Waals surface area (Å²) in [5.41, 5.74) is 8.32. The number of fused-ring (bicyclic) bond motifs is 9. The Kier molecular flexibility index (Phi) is 2.96. The van der Waals surface area contributed by atoms with Crippen molar-refractivity contribution in [2.75, 3.05) is 0 Å². The van der Waals surface area contributed by atoms with Gasteiger partial charge in [-0.15, -0.1) is 11.3 Å². The van der Waals surface area contributed by atoms with Crippen molar-refractivity contribution in [1.29, 1.82) is 0 Å². The molecule has 1 aliphatic rings. The summed E-state index contributed by atoms with van der Waals surface area (Å²) in [6, 6.07) is 27.4. The maximum absolute atomic E-state index is 2.47. The van der Waals surface area contributed by atoms with Crippen LogP contribution in [-0.4, -0.2) is 4.57 Å². The van der Waals surface area contributed by atoms with Crippen molar-refractivity contribution in [2.24, 2.45) is 7.05 Å². The molecule has 0 aliphatic heterocycles. The second-order valence-corrected chi connectivity index (χ2v) is 10.2. The molecule has 1 aliphatic carbocycles. The Balaban J connectivity index is 1.64. The lowest BCUT2D eigenvalue weighted by Crippen LogP contribution is -2.14. The molecule has 0 saturated carbocycles. The Labute approximate surface area is 179 Å². The van der Waals surface area contributed by atoms with Crippen LogP contribution in [0, 0.1) is 0 Å².